The Morgan fingerprint density at radius 3 is 1.12 bits per heavy atom. The van der Waals surface area contributed by atoms with E-state index >= 15 is 0 Å². The van der Waals surface area contributed by atoms with E-state index in [0.29, 0.717) is 6.42 Å². The molecule has 0 aromatic carbocycles. The molecule has 7 atom stereocenters. The molecular formula is C77H135NO8. The number of aliphatic hydroxyl groups is 5. The Bertz CT molecular complexity index is 1730. The number of carbonyl (C=O) groups excluding carboxylic acids is 1. The Kier molecular flexibility index (Phi) is 61.0. The van der Waals surface area contributed by atoms with E-state index in [2.05, 4.69) is 116 Å². The normalized spacial score (nSPS) is 18.7. The molecule has 1 fully saturated rings. The summed E-state index contributed by atoms with van der Waals surface area (Å²) in [5.41, 5.74) is 0. The Hall–Kier alpha value is -3.15. The average molecular weight is 1200 g/mol. The van der Waals surface area contributed by atoms with Crippen LogP contribution in [-0.4, -0.2) is 87.5 Å². The van der Waals surface area contributed by atoms with Crippen LogP contribution in [0.1, 0.15) is 316 Å². The summed E-state index contributed by atoms with van der Waals surface area (Å²) in [6, 6.07) is -0.837. The standard InChI is InChI=1S/C77H135NO8/c1-3-5-7-9-11-13-15-17-19-21-23-25-27-29-31-33-35-36-37-39-41-43-45-47-49-51-53-55-57-59-61-63-65-67-73(81)78-70(69-85-77-76(84)75(83)74(82)72(68-79)86-77)71(80)66-64-62-60-58-56-54-52-50-48-46-44-42-40-38-34-32-30-28-26-24-22-20-18-16-14-12-10-8-6-4-2/h5,7,11,13,17,19,23,25,29,31,35-36,48,50,56,58,64,66,70-72,74-77,79-80,82-84H,3-4,6,8-10,12,14-16,18,20-22,24,26-28,30,32-34,37-47,49,51-55,57,59-63,65,67-69H2,1-2H3,(H,78,81)/b7-5-,13-11-,19-17-,25-23-,31-29-,36-35-,50-48+,58-56+,66-64+. The average Bonchev–Trinajstić information content (AvgIpc) is 2.60. The van der Waals surface area contributed by atoms with E-state index in [4.69, 9.17) is 9.47 Å². The highest BCUT2D eigenvalue weighted by molar-refractivity contribution is 5.76. The highest BCUT2D eigenvalue weighted by atomic mass is 16.7. The number of allylic oxidation sites excluding steroid dienone is 17. The van der Waals surface area contributed by atoms with E-state index in [9.17, 15) is 30.3 Å². The van der Waals surface area contributed by atoms with Gasteiger partial charge in [-0.15, -0.1) is 0 Å². The topological polar surface area (TPSA) is 149 Å². The summed E-state index contributed by atoms with van der Waals surface area (Å²) in [4.78, 5) is 13.1. The molecule has 0 bridgehead atoms. The Morgan fingerprint density at radius 1 is 0.407 bits per heavy atom. The molecular weight excluding hydrogens is 1070 g/mol. The zero-order chi connectivity index (χ0) is 62.1. The molecule has 7 unspecified atom stereocenters. The smallest absolute Gasteiger partial charge is 0.220 e. The van der Waals surface area contributed by atoms with E-state index in [1.54, 1.807) is 6.08 Å². The Balaban J connectivity index is 2.16. The van der Waals surface area contributed by atoms with Crippen molar-refractivity contribution in [2.24, 2.45) is 0 Å². The lowest BCUT2D eigenvalue weighted by molar-refractivity contribution is -0.302. The Labute approximate surface area is 529 Å². The molecule has 0 aromatic rings. The summed E-state index contributed by atoms with van der Waals surface area (Å²) in [6.45, 7) is 3.67. The van der Waals surface area contributed by atoms with Crippen LogP contribution in [0.15, 0.2) is 109 Å². The van der Waals surface area contributed by atoms with Gasteiger partial charge >= 0.3 is 0 Å². The molecule has 1 amide bonds. The molecule has 0 saturated carbocycles. The molecule has 0 aliphatic carbocycles. The molecule has 0 aromatic heterocycles. The van der Waals surface area contributed by atoms with E-state index in [1.807, 2.05) is 6.08 Å². The molecule has 0 spiro atoms. The molecule has 0 radical (unpaired) electrons. The van der Waals surface area contributed by atoms with Gasteiger partial charge in [-0.25, -0.2) is 0 Å². The summed E-state index contributed by atoms with van der Waals surface area (Å²) in [5.74, 6) is -0.192. The zero-order valence-electron chi connectivity index (χ0n) is 55.5. The van der Waals surface area contributed by atoms with Crippen LogP contribution >= 0.6 is 0 Å². The van der Waals surface area contributed by atoms with E-state index in [-0.39, 0.29) is 12.5 Å². The number of rotatable bonds is 62. The van der Waals surface area contributed by atoms with Crippen LogP contribution in [0.25, 0.3) is 0 Å². The van der Waals surface area contributed by atoms with E-state index < -0.39 is 49.5 Å². The minimum Gasteiger partial charge on any atom is -0.394 e. The summed E-state index contributed by atoms with van der Waals surface area (Å²) in [6.07, 6.45) is 89.1. The predicted octanol–water partition coefficient (Wildman–Crippen LogP) is 20.0. The van der Waals surface area contributed by atoms with E-state index in [1.165, 1.54) is 212 Å². The van der Waals surface area contributed by atoms with Gasteiger partial charge in [-0.1, -0.05) is 322 Å². The summed E-state index contributed by atoms with van der Waals surface area (Å²) in [7, 11) is 0. The van der Waals surface area contributed by atoms with Crippen molar-refractivity contribution >= 4 is 5.91 Å². The van der Waals surface area contributed by atoms with Crippen molar-refractivity contribution in [2.45, 2.75) is 358 Å². The van der Waals surface area contributed by atoms with Crippen LogP contribution < -0.4 is 5.32 Å². The number of ether oxygens (including phenoxy) is 2. The van der Waals surface area contributed by atoms with Crippen molar-refractivity contribution in [3.05, 3.63) is 109 Å². The van der Waals surface area contributed by atoms with Gasteiger partial charge in [0.05, 0.1) is 25.4 Å². The van der Waals surface area contributed by atoms with Crippen LogP contribution in [0.4, 0.5) is 0 Å². The lowest BCUT2D eigenvalue weighted by Crippen LogP contribution is -2.60. The lowest BCUT2D eigenvalue weighted by atomic mass is 9.99. The molecule has 86 heavy (non-hydrogen) atoms. The highest BCUT2D eigenvalue weighted by Crippen LogP contribution is 2.23. The van der Waals surface area contributed by atoms with Crippen molar-refractivity contribution < 1.29 is 39.8 Å². The monoisotopic (exact) mass is 1200 g/mol. The number of nitrogens with one attached hydrogen (secondary N) is 1. The van der Waals surface area contributed by atoms with Gasteiger partial charge in [0.2, 0.25) is 5.91 Å². The molecule has 9 heteroatoms. The van der Waals surface area contributed by atoms with Gasteiger partial charge in [0.25, 0.3) is 0 Å². The quantitative estimate of drug-likeness (QED) is 0.0261. The van der Waals surface area contributed by atoms with Gasteiger partial charge in [-0.05, 0) is 96.3 Å². The first kappa shape index (κ1) is 80.9. The first-order chi connectivity index (χ1) is 42.3. The number of hydrogen-bond acceptors (Lipinski definition) is 8. The maximum atomic E-state index is 13.1. The van der Waals surface area contributed by atoms with Crippen LogP contribution in [0.2, 0.25) is 0 Å². The number of amides is 1. The lowest BCUT2D eigenvalue weighted by Gasteiger charge is -2.40. The Morgan fingerprint density at radius 2 is 0.733 bits per heavy atom. The molecule has 1 aliphatic heterocycles. The molecule has 1 heterocycles. The van der Waals surface area contributed by atoms with Crippen molar-refractivity contribution in [3.63, 3.8) is 0 Å². The van der Waals surface area contributed by atoms with Gasteiger partial charge in [-0.3, -0.25) is 4.79 Å². The number of carbonyl (C=O) groups is 1. The maximum Gasteiger partial charge on any atom is 0.220 e. The molecule has 6 N–H and O–H groups in total. The molecule has 1 saturated heterocycles. The van der Waals surface area contributed by atoms with Crippen molar-refractivity contribution in [3.8, 4) is 0 Å². The first-order valence-electron chi connectivity index (χ1n) is 36.1. The first-order valence-corrected chi connectivity index (χ1v) is 36.1. The second-order valence-electron chi connectivity index (χ2n) is 24.6. The SMILES string of the molecule is CC/C=C\C/C=C\C/C=C\C/C=C\C/C=C\C/C=C\CCCCCCCCCCCCCCCCC(=O)NC(COC1OC(CO)C(O)C(O)C1O)C(O)/C=C/CC/C=C/CC/C=C/CCCCCCCCCCCCCCCCCCCCCC. The van der Waals surface area contributed by atoms with Crippen LogP contribution in [0.3, 0.4) is 0 Å². The van der Waals surface area contributed by atoms with Gasteiger partial charge in [0.15, 0.2) is 6.29 Å². The van der Waals surface area contributed by atoms with Gasteiger partial charge in [0, 0.05) is 6.42 Å². The molecule has 1 aliphatic rings. The third kappa shape index (κ3) is 52.8. The fourth-order valence-electron chi connectivity index (χ4n) is 11.0. The molecule has 1 rings (SSSR count). The third-order valence-corrected chi connectivity index (χ3v) is 16.6. The predicted molar refractivity (Wildman–Crippen MR) is 368 cm³/mol. The highest BCUT2D eigenvalue weighted by Gasteiger charge is 2.44. The number of hydrogen-bond donors (Lipinski definition) is 6. The fraction of sp³-hybridized carbons (Fsp3) is 0.753. The maximum absolute atomic E-state index is 13.1. The molecule has 496 valence electrons. The third-order valence-electron chi connectivity index (χ3n) is 16.6. The van der Waals surface area contributed by atoms with Gasteiger partial charge in [-0.2, -0.15) is 0 Å². The summed E-state index contributed by atoms with van der Waals surface area (Å²) < 4.78 is 11.3. The number of aliphatic hydroxyl groups excluding tert-OH is 5. The largest absolute Gasteiger partial charge is 0.394 e. The molecule has 9 nitrogen and oxygen atoms in total. The minimum atomic E-state index is -1.58. The van der Waals surface area contributed by atoms with Crippen LogP contribution in [-0.2, 0) is 14.3 Å². The van der Waals surface area contributed by atoms with Crippen LogP contribution in [0.5, 0.6) is 0 Å². The fourth-order valence-corrected chi connectivity index (χ4v) is 11.0. The minimum absolute atomic E-state index is 0.192. The van der Waals surface area contributed by atoms with Crippen molar-refractivity contribution in [1.82, 2.24) is 5.32 Å². The second kappa shape index (κ2) is 64.8. The second-order valence-corrected chi connectivity index (χ2v) is 24.6. The van der Waals surface area contributed by atoms with Gasteiger partial charge < -0.3 is 40.3 Å². The van der Waals surface area contributed by atoms with Crippen molar-refractivity contribution in [1.29, 1.82) is 0 Å². The summed E-state index contributed by atoms with van der Waals surface area (Å²) >= 11 is 0. The van der Waals surface area contributed by atoms with Crippen LogP contribution in [0, 0.1) is 0 Å². The van der Waals surface area contributed by atoms with Crippen molar-refractivity contribution in [2.75, 3.05) is 13.2 Å². The van der Waals surface area contributed by atoms with Gasteiger partial charge in [0.1, 0.15) is 24.4 Å². The summed E-state index contributed by atoms with van der Waals surface area (Å²) in [5, 5.41) is 54.8. The number of unbranched alkanes of at least 4 members (excludes halogenated alkanes) is 36. The van der Waals surface area contributed by atoms with E-state index in [0.717, 1.165) is 83.5 Å². The zero-order valence-corrected chi connectivity index (χ0v) is 55.5.